The van der Waals surface area contributed by atoms with Crippen molar-refractivity contribution in [1.82, 2.24) is 4.98 Å². The van der Waals surface area contributed by atoms with Crippen molar-refractivity contribution in [3.63, 3.8) is 0 Å². The van der Waals surface area contributed by atoms with Crippen LogP contribution in [0.2, 0.25) is 0 Å². The maximum Gasteiger partial charge on any atom is 0.125 e. The Morgan fingerprint density at radius 3 is 2.67 bits per heavy atom. The molecule has 0 bridgehead atoms. The van der Waals surface area contributed by atoms with Gasteiger partial charge in [0.25, 0.3) is 0 Å². The highest BCUT2D eigenvalue weighted by atomic mass is 32.2. The highest BCUT2D eigenvalue weighted by Crippen LogP contribution is 2.37. The number of hydrogen-bond donors (Lipinski definition) is 1. The lowest BCUT2D eigenvalue weighted by Gasteiger charge is -2.23. The summed E-state index contributed by atoms with van der Waals surface area (Å²) in [6, 6.07) is 4.28. The highest BCUT2D eigenvalue weighted by molar-refractivity contribution is 8.00. The maximum absolute atomic E-state index is 4.52. The Morgan fingerprint density at radius 2 is 2.17 bits per heavy atom. The second kappa shape index (κ2) is 5.12. The van der Waals surface area contributed by atoms with Crippen LogP contribution in [0.25, 0.3) is 0 Å². The molecule has 1 atom stereocenters. The third-order valence-corrected chi connectivity index (χ3v) is 5.11. The Kier molecular flexibility index (Phi) is 3.90. The van der Waals surface area contributed by atoms with E-state index < -0.39 is 0 Å². The number of nitrogens with zero attached hydrogens (tertiary/aromatic N) is 1. The Morgan fingerprint density at radius 1 is 1.39 bits per heavy atom. The Labute approximate surface area is 115 Å². The van der Waals surface area contributed by atoms with Crippen LogP contribution in [0.4, 0.5) is 5.82 Å². The first kappa shape index (κ1) is 13.7. The van der Waals surface area contributed by atoms with Crippen molar-refractivity contribution >= 4 is 17.6 Å². The molecule has 1 aliphatic rings. The van der Waals surface area contributed by atoms with Crippen LogP contribution in [0.5, 0.6) is 0 Å². The summed E-state index contributed by atoms with van der Waals surface area (Å²) < 4.78 is 0.393. The van der Waals surface area contributed by atoms with Gasteiger partial charge in [-0.15, -0.1) is 0 Å². The fraction of sp³-hybridized carbons (Fsp3) is 0.667. The van der Waals surface area contributed by atoms with E-state index in [0.29, 0.717) is 4.75 Å². The summed E-state index contributed by atoms with van der Waals surface area (Å²) in [6.45, 7) is 10.0. The largest absolute Gasteiger partial charge is 0.369 e. The van der Waals surface area contributed by atoms with Gasteiger partial charge in [-0.1, -0.05) is 26.8 Å². The van der Waals surface area contributed by atoms with E-state index in [1.165, 1.54) is 24.2 Å². The summed E-state index contributed by atoms with van der Waals surface area (Å²) in [5.74, 6) is 2.30. The lowest BCUT2D eigenvalue weighted by atomic mass is 9.88. The van der Waals surface area contributed by atoms with Gasteiger partial charge in [-0.3, -0.25) is 0 Å². The highest BCUT2D eigenvalue weighted by Gasteiger charge is 2.29. The number of thioether (sulfide) groups is 1. The van der Waals surface area contributed by atoms with Gasteiger partial charge in [0.2, 0.25) is 0 Å². The Hall–Kier alpha value is -0.700. The number of anilines is 1. The molecule has 0 aromatic carbocycles. The average molecular weight is 264 g/mol. The van der Waals surface area contributed by atoms with Crippen LogP contribution in [0, 0.1) is 0 Å². The molecule has 2 nitrogen and oxygen atoms in total. The van der Waals surface area contributed by atoms with E-state index >= 15 is 0 Å². The SMILES string of the molecule is CC1(CNc2ccc(C(C)(C)C)cn2)CCCS1. The Balaban J connectivity index is 1.94. The van der Waals surface area contributed by atoms with Crippen molar-refractivity contribution in [3.8, 4) is 0 Å². The third-order valence-electron chi connectivity index (χ3n) is 3.57. The molecule has 1 aliphatic heterocycles. The maximum atomic E-state index is 4.52. The van der Waals surface area contributed by atoms with E-state index in [2.05, 4.69) is 61.9 Å². The Bertz CT molecular complexity index is 386. The van der Waals surface area contributed by atoms with Gasteiger partial charge < -0.3 is 5.32 Å². The fourth-order valence-corrected chi connectivity index (χ4v) is 3.44. The van der Waals surface area contributed by atoms with Crippen molar-refractivity contribution in [2.75, 3.05) is 17.6 Å². The van der Waals surface area contributed by atoms with Crippen molar-refractivity contribution in [2.45, 2.75) is 50.7 Å². The van der Waals surface area contributed by atoms with Gasteiger partial charge in [-0.25, -0.2) is 4.98 Å². The molecule has 0 spiro atoms. The standard InChI is InChI=1S/C15H24N2S/c1-14(2,3)12-6-7-13(16-10-12)17-11-15(4)8-5-9-18-15/h6-7,10H,5,8-9,11H2,1-4H3,(H,16,17). The smallest absolute Gasteiger partial charge is 0.125 e. The fourth-order valence-electron chi connectivity index (χ4n) is 2.20. The van der Waals surface area contributed by atoms with Gasteiger partial charge in [-0.05, 0) is 42.6 Å². The van der Waals surface area contributed by atoms with E-state index in [0.717, 1.165) is 12.4 Å². The van der Waals surface area contributed by atoms with E-state index in [1.54, 1.807) is 0 Å². The first-order chi connectivity index (χ1) is 8.39. The topological polar surface area (TPSA) is 24.9 Å². The zero-order chi connectivity index (χ0) is 13.2. The molecule has 1 aromatic heterocycles. The zero-order valence-corrected chi connectivity index (χ0v) is 12.7. The summed E-state index contributed by atoms with van der Waals surface area (Å²) in [6.07, 6.45) is 4.65. The quantitative estimate of drug-likeness (QED) is 0.890. The molecule has 100 valence electrons. The van der Waals surface area contributed by atoms with Crippen LogP contribution in [0.15, 0.2) is 18.3 Å². The van der Waals surface area contributed by atoms with Gasteiger partial charge in [-0.2, -0.15) is 11.8 Å². The lowest BCUT2D eigenvalue weighted by Crippen LogP contribution is -2.27. The minimum Gasteiger partial charge on any atom is -0.369 e. The number of rotatable bonds is 3. The van der Waals surface area contributed by atoms with E-state index in [-0.39, 0.29) is 5.41 Å². The predicted octanol–water partition coefficient (Wildman–Crippen LogP) is 4.08. The van der Waals surface area contributed by atoms with Crippen LogP contribution < -0.4 is 5.32 Å². The summed E-state index contributed by atoms with van der Waals surface area (Å²) >= 11 is 2.08. The lowest BCUT2D eigenvalue weighted by molar-refractivity contribution is 0.587. The van der Waals surface area contributed by atoms with Crippen LogP contribution in [0.3, 0.4) is 0 Å². The van der Waals surface area contributed by atoms with Gasteiger partial charge in [0.05, 0.1) is 0 Å². The number of pyridine rings is 1. The van der Waals surface area contributed by atoms with E-state index in [1.807, 2.05) is 6.20 Å². The molecule has 0 aliphatic carbocycles. The molecule has 1 saturated heterocycles. The summed E-state index contributed by atoms with van der Waals surface area (Å²) in [5, 5.41) is 3.47. The molecule has 0 amide bonds. The van der Waals surface area contributed by atoms with Gasteiger partial charge >= 0.3 is 0 Å². The molecule has 0 radical (unpaired) electrons. The van der Waals surface area contributed by atoms with Gasteiger partial charge in [0, 0.05) is 17.5 Å². The minimum atomic E-state index is 0.179. The van der Waals surface area contributed by atoms with Crippen LogP contribution in [-0.2, 0) is 5.41 Å². The van der Waals surface area contributed by atoms with Crippen LogP contribution >= 0.6 is 11.8 Å². The number of hydrogen-bond acceptors (Lipinski definition) is 3. The normalized spacial score (nSPS) is 24.2. The van der Waals surface area contributed by atoms with Crippen molar-refractivity contribution < 1.29 is 0 Å². The molecule has 1 aromatic rings. The van der Waals surface area contributed by atoms with E-state index in [4.69, 9.17) is 0 Å². The second-order valence-electron chi connectivity index (χ2n) is 6.44. The second-order valence-corrected chi connectivity index (χ2v) is 8.12. The summed E-state index contributed by atoms with van der Waals surface area (Å²) in [4.78, 5) is 4.52. The van der Waals surface area contributed by atoms with Gasteiger partial charge in [0.1, 0.15) is 5.82 Å². The number of aromatic nitrogens is 1. The first-order valence-electron chi connectivity index (χ1n) is 6.73. The molecular weight excluding hydrogens is 240 g/mol. The predicted molar refractivity (Wildman–Crippen MR) is 81.5 cm³/mol. The van der Waals surface area contributed by atoms with Crippen molar-refractivity contribution in [2.24, 2.45) is 0 Å². The van der Waals surface area contributed by atoms with E-state index in [9.17, 15) is 0 Å². The molecule has 3 heteroatoms. The average Bonchev–Trinajstić information content (AvgIpc) is 2.74. The molecule has 1 fully saturated rings. The van der Waals surface area contributed by atoms with Crippen LogP contribution in [0.1, 0.15) is 46.1 Å². The minimum absolute atomic E-state index is 0.179. The summed E-state index contributed by atoms with van der Waals surface area (Å²) in [5.41, 5.74) is 1.47. The molecular formula is C15H24N2S. The molecule has 18 heavy (non-hydrogen) atoms. The molecule has 2 rings (SSSR count). The van der Waals surface area contributed by atoms with Gasteiger partial charge in [0.15, 0.2) is 0 Å². The summed E-state index contributed by atoms with van der Waals surface area (Å²) in [7, 11) is 0. The zero-order valence-electron chi connectivity index (χ0n) is 11.9. The monoisotopic (exact) mass is 264 g/mol. The third kappa shape index (κ3) is 3.41. The molecule has 2 heterocycles. The molecule has 1 unspecified atom stereocenters. The molecule has 1 N–H and O–H groups in total. The van der Waals surface area contributed by atoms with Crippen LogP contribution in [-0.4, -0.2) is 22.0 Å². The van der Waals surface area contributed by atoms with Crippen molar-refractivity contribution in [3.05, 3.63) is 23.9 Å². The van der Waals surface area contributed by atoms with Crippen molar-refractivity contribution in [1.29, 1.82) is 0 Å². The first-order valence-corrected chi connectivity index (χ1v) is 7.72. The number of nitrogens with one attached hydrogen (secondary N) is 1. The molecule has 0 saturated carbocycles.